The number of amides is 2. The Balaban J connectivity index is 2.18. The molecule has 0 fully saturated rings. The highest BCUT2D eigenvalue weighted by atomic mass is 16.2. The van der Waals surface area contributed by atoms with Crippen LogP contribution >= 0.6 is 0 Å². The number of rotatable bonds is 8. The van der Waals surface area contributed by atoms with E-state index in [4.69, 9.17) is 0 Å². The number of likely N-dealkylation sites (N-methyl/N-ethyl adjacent to an activating group) is 1. The van der Waals surface area contributed by atoms with Crippen molar-refractivity contribution < 1.29 is 9.59 Å². The van der Waals surface area contributed by atoms with Crippen LogP contribution in [0.3, 0.4) is 0 Å². The van der Waals surface area contributed by atoms with Crippen LogP contribution in [0.25, 0.3) is 0 Å². The Kier molecular flexibility index (Phi) is 8.12. The van der Waals surface area contributed by atoms with Crippen LogP contribution in [-0.4, -0.2) is 49.4 Å². The number of nitrogens with zero attached hydrogens (tertiary/aromatic N) is 1. The molecule has 0 spiro atoms. The molecule has 1 aromatic carbocycles. The van der Waals surface area contributed by atoms with E-state index < -0.39 is 11.8 Å². The van der Waals surface area contributed by atoms with Gasteiger partial charge in [-0.1, -0.05) is 44.2 Å². The third kappa shape index (κ3) is 6.90. The van der Waals surface area contributed by atoms with Gasteiger partial charge < -0.3 is 15.5 Å². The zero-order chi connectivity index (χ0) is 15.5. The molecular weight excluding hydrogens is 266 g/mol. The number of carbonyl (C=O) groups is 2. The second-order valence-electron chi connectivity index (χ2n) is 4.77. The van der Waals surface area contributed by atoms with Crippen LogP contribution in [0.1, 0.15) is 19.4 Å². The molecule has 0 radical (unpaired) electrons. The summed E-state index contributed by atoms with van der Waals surface area (Å²) in [7, 11) is 0. The standard InChI is InChI=1S/C16H25N3O2/c1-3-19(4-2)13-12-18-16(21)15(20)17-11-10-14-8-6-5-7-9-14/h5-9H,3-4,10-13H2,1-2H3,(H,17,20)(H,18,21). The molecule has 2 N–H and O–H groups in total. The van der Waals surface area contributed by atoms with Crippen molar-refractivity contribution in [2.24, 2.45) is 0 Å². The molecule has 0 aliphatic heterocycles. The topological polar surface area (TPSA) is 61.4 Å². The maximum atomic E-state index is 11.6. The molecule has 0 aliphatic carbocycles. The fourth-order valence-electron chi connectivity index (χ4n) is 1.99. The zero-order valence-electron chi connectivity index (χ0n) is 12.9. The van der Waals surface area contributed by atoms with Crippen molar-refractivity contribution >= 4 is 11.8 Å². The van der Waals surface area contributed by atoms with E-state index in [1.54, 1.807) is 0 Å². The Morgan fingerprint density at radius 3 is 2.10 bits per heavy atom. The Hall–Kier alpha value is -1.88. The van der Waals surface area contributed by atoms with Crippen molar-refractivity contribution in [2.75, 3.05) is 32.7 Å². The molecule has 0 atom stereocenters. The van der Waals surface area contributed by atoms with Crippen molar-refractivity contribution in [3.63, 3.8) is 0 Å². The summed E-state index contributed by atoms with van der Waals surface area (Å²) < 4.78 is 0. The molecule has 5 nitrogen and oxygen atoms in total. The van der Waals surface area contributed by atoms with Gasteiger partial charge in [-0.25, -0.2) is 0 Å². The Morgan fingerprint density at radius 2 is 1.52 bits per heavy atom. The van der Waals surface area contributed by atoms with Crippen LogP contribution < -0.4 is 10.6 Å². The van der Waals surface area contributed by atoms with E-state index in [0.717, 1.165) is 31.6 Å². The predicted octanol–water partition coefficient (Wildman–Crippen LogP) is 0.803. The lowest BCUT2D eigenvalue weighted by Crippen LogP contribution is -2.43. The molecule has 0 aromatic heterocycles. The van der Waals surface area contributed by atoms with E-state index in [1.165, 1.54) is 0 Å². The van der Waals surface area contributed by atoms with Gasteiger partial charge in [0.1, 0.15) is 0 Å². The summed E-state index contributed by atoms with van der Waals surface area (Å²) in [6.45, 7) is 7.74. The van der Waals surface area contributed by atoms with Crippen LogP contribution in [0.4, 0.5) is 0 Å². The molecule has 0 aliphatic rings. The average Bonchev–Trinajstić information content (AvgIpc) is 2.52. The summed E-state index contributed by atoms with van der Waals surface area (Å²) in [4.78, 5) is 25.4. The second-order valence-corrected chi connectivity index (χ2v) is 4.77. The summed E-state index contributed by atoms with van der Waals surface area (Å²) >= 11 is 0. The number of benzene rings is 1. The third-order valence-corrected chi connectivity index (χ3v) is 3.36. The summed E-state index contributed by atoms with van der Waals surface area (Å²) in [5.74, 6) is -1.12. The quantitative estimate of drug-likeness (QED) is 0.697. The van der Waals surface area contributed by atoms with Gasteiger partial charge in [0.25, 0.3) is 0 Å². The van der Waals surface area contributed by atoms with Crippen LogP contribution in [-0.2, 0) is 16.0 Å². The minimum atomic E-state index is -0.564. The Morgan fingerprint density at radius 1 is 0.952 bits per heavy atom. The first-order valence-corrected chi connectivity index (χ1v) is 7.49. The summed E-state index contributed by atoms with van der Waals surface area (Å²) in [5, 5.41) is 5.27. The van der Waals surface area contributed by atoms with Crippen molar-refractivity contribution in [1.82, 2.24) is 15.5 Å². The van der Waals surface area contributed by atoms with Gasteiger partial charge in [-0.2, -0.15) is 0 Å². The van der Waals surface area contributed by atoms with Crippen molar-refractivity contribution in [3.05, 3.63) is 35.9 Å². The lowest BCUT2D eigenvalue weighted by atomic mass is 10.1. The highest BCUT2D eigenvalue weighted by molar-refractivity contribution is 6.35. The zero-order valence-corrected chi connectivity index (χ0v) is 12.9. The Bertz CT molecular complexity index is 430. The largest absolute Gasteiger partial charge is 0.348 e. The maximum absolute atomic E-state index is 11.6. The maximum Gasteiger partial charge on any atom is 0.309 e. The number of hydrogen-bond donors (Lipinski definition) is 2. The SMILES string of the molecule is CCN(CC)CCNC(=O)C(=O)NCCc1ccccc1. The van der Waals surface area contributed by atoms with Crippen LogP contribution in [0.2, 0.25) is 0 Å². The van der Waals surface area contributed by atoms with E-state index in [9.17, 15) is 9.59 Å². The van der Waals surface area contributed by atoms with Gasteiger partial charge in [-0.3, -0.25) is 9.59 Å². The number of nitrogens with one attached hydrogen (secondary N) is 2. The lowest BCUT2D eigenvalue weighted by molar-refractivity contribution is -0.139. The molecule has 5 heteroatoms. The Labute approximate surface area is 126 Å². The van der Waals surface area contributed by atoms with Crippen molar-refractivity contribution in [3.8, 4) is 0 Å². The van der Waals surface area contributed by atoms with Crippen molar-refractivity contribution in [2.45, 2.75) is 20.3 Å². The highest BCUT2D eigenvalue weighted by Gasteiger charge is 2.12. The van der Waals surface area contributed by atoms with Gasteiger partial charge in [0.15, 0.2) is 0 Å². The molecule has 116 valence electrons. The monoisotopic (exact) mass is 291 g/mol. The van der Waals surface area contributed by atoms with Gasteiger partial charge in [0.2, 0.25) is 0 Å². The van der Waals surface area contributed by atoms with E-state index in [1.807, 2.05) is 30.3 Å². The molecule has 2 amide bonds. The molecule has 1 aromatic rings. The summed E-state index contributed by atoms with van der Waals surface area (Å²) in [6.07, 6.45) is 0.722. The third-order valence-electron chi connectivity index (χ3n) is 3.36. The highest BCUT2D eigenvalue weighted by Crippen LogP contribution is 1.97. The van der Waals surface area contributed by atoms with Crippen LogP contribution in [0.15, 0.2) is 30.3 Å². The first-order valence-electron chi connectivity index (χ1n) is 7.49. The van der Waals surface area contributed by atoms with Crippen molar-refractivity contribution in [1.29, 1.82) is 0 Å². The predicted molar refractivity (Wildman–Crippen MR) is 84.0 cm³/mol. The lowest BCUT2D eigenvalue weighted by Gasteiger charge is -2.17. The van der Waals surface area contributed by atoms with Crippen LogP contribution in [0, 0.1) is 0 Å². The summed E-state index contributed by atoms with van der Waals surface area (Å²) in [6, 6.07) is 9.85. The van der Waals surface area contributed by atoms with E-state index in [-0.39, 0.29) is 0 Å². The molecular formula is C16H25N3O2. The smallest absolute Gasteiger partial charge is 0.309 e. The second kappa shape index (κ2) is 9.94. The van der Waals surface area contributed by atoms with Gasteiger partial charge in [0, 0.05) is 19.6 Å². The molecule has 0 saturated carbocycles. The fraction of sp³-hybridized carbons (Fsp3) is 0.500. The molecule has 0 saturated heterocycles. The number of carbonyl (C=O) groups excluding carboxylic acids is 2. The number of hydrogen-bond acceptors (Lipinski definition) is 3. The van der Waals surface area contributed by atoms with Crippen LogP contribution in [0.5, 0.6) is 0 Å². The minimum Gasteiger partial charge on any atom is -0.348 e. The first-order chi connectivity index (χ1) is 10.2. The fourth-order valence-corrected chi connectivity index (χ4v) is 1.99. The van der Waals surface area contributed by atoms with Gasteiger partial charge in [-0.15, -0.1) is 0 Å². The molecule has 0 heterocycles. The first kappa shape index (κ1) is 17.2. The normalized spacial score (nSPS) is 10.4. The van der Waals surface area contributed by atoms with Gasteiger partial charge in [-0.05, 0) is 25.1 Å². The van der Waals surface area contributed by atoms with E-state index in [2.05, 4.69) is 29.4 Å². The molecule has 0 unspecified atom stereocenters. The van der Waals surface area contributed by atoms with E-state index in [0.29, 0.717) is 13.1 Å². The minimum absolute atomic E-state index is 0.465. The van der Waals surface area contributed by atoms with Gasteiger partial charge in [0.05, 0.1) is 0 Å². The molecule has 21 heavy (non-hydrogen) atoms. The molecule has 1 rings (SSSR count). The average molecular weight is 291 g/mol. The van der Waals surface area contributed by atoms with E-state index >= 15 is 0 Å². The van der Waals surface area contributed by atoms with Gasteiger partial charge >= 0.3 is 11.8 Å². The summed E-state index contributed by atoms with van der Waals surface area (Å²) in [5.41, 5.74) is 1.14. The molecule has 0 bridgehead atoms.